The number of rotatable bonds is 5. The van der Waals surface area contributed by atoms with Gasteiger partial charge in [-0.2, -0.15) is 5.26 Å². The lowest BCUT2D eigenvalue weighted by Gasteiger charge is -2.18. The molecule has 4 N–H and O–H groups in total. The van der Waals surface area contributed by atoms with Crippen molar-refractivity contribution in [3.05, 3.63) is 64.3 Å². The molecule has 8 heteroatoms. The summed E-state index contributed by atoms with van der Waals surface area (Å²) in [5, 5.41) is 20.3. The van der Waals surface area contributed by atoms with Crippen LogP contribution in [0.15, 0.2) is 42.5 Å². The zero-order valence-electron chi connectivity index (χ0n) is 14.9. The first-order valence-electron chi connectivity index (χ1n) is 8.30. The maximum Gasteiger partial charge on any atom is 0.265 e. The Morgan fingerprint density at radius 2 is 2.11 bits per heavy atom. The largest absolute Gasteiger partial charge is 0.388 e. The van der Waals surface area contributed by atoms with E-state index in [0.29, 0.717) is 26.8 Å². The minimum absolute atomic E-state index is 0.0229. The highest BCUT2D eigenvalue weighted by atomic mass is 35.5. The summed E-state index contributed by atoms with van der Waals surface area (Å²) in [6, 6.07) is 11.9. The molecule has 1 aromatic heterocycles. The molecular formula is C20H17ClN3O3P. The Kier molecular flexibility index (Phi) is 5.44. The normalized spacial score (nSPS) is 13.5. The Hall–Kier alpha value is -2.84. The Bertz CT molecular complexity index is 1210. The maximum absolute atomic E-state index is 14.1. The number of allylic oxidation sites excluding steroid dienone is 1. The van der Waals surface area contributed by atoms with Gasteiger partial charge in [0.25, 0.3) is 5.91 Å². The number of hydrogen-bond acceptors (Lipinski definition) is 4. The number of aryl methyl sites for hydroxylation is 1. The Morgan fingerprint density at radius 1 is 1.36 bits per heavy atom. The van der Waals surface area contributed by atoms with Crippen molar-refractivity contribution in [2.75, 3.05) is 6.35 Å². The third kappa shape index (κ3) is 3.48. The number of aromatic amines is 1. The van der Waals surface area contributed by atoms with Crippen LogP contribution in [0.4, 0.5) is 0 Å². The second kappa shape index (κ2) is 7.65. The molecule has 1 amide bonds. The predicted octanol–water partition coefficient (Wildman–Crippen LogP) is 3.03. The molecule has 3 rings (SSSR count). The van der Waals surface area contributed by atoms with E-state index in [0.717, 1.165) is 5.56 Å². The molecule has 1 atom stereocenters. The van der Waals surface area contributed by atoms with Gasteiger partial charge in [-0.3, -0.25) is 4.79 Å². The zero-order chi connectivity index (χ0) is 20.5. The standard InChI is InChI=1S/C20H17ClN3O3P/c1-12-7-13(3-2-6-22)9-15(8-12)28(27,11-25)19-16-10-14(21)4-5-17(16)24-18(19)20(23)26/h2-5,7-10,24-25H,11H2,1H3,(H2,23,26)/b3-2+/t28-/m0/s1. The highest BCUT2D eigenvalue weighted by Gasteiger charge is 2.34. The van der Waals surface area contributed by atoms with E-state index in [9.17, 15) is 14.5 Å². The molecule has 142 valence electrons. The summed E-state index contributed by atoms with van der Waals surface area (Å²) in [6.07, 6.45) is 2.19. The summed E-state index contributed by atoms with van der Waals surface area (Å²) in [5.41, 5.74) is 7.49. The number of nitriles is 1. The minimum atomic E-state index is -3.65. The smallest absolute Gasteiger partial charge is 0.265 e. The first-order chi connectivity index (χ1) is 13.3. The van der Waals surface area contributed by atoms with E-state index in [4.69, 9.17) is 22.6 Å². The Morgan fingerprint density at radius 3 is 2.75 bits per heavy atom. The number of nitrogens with two attached hydrogens (primary N) is 1. The second-order valence-electron chi connectivity index (χ2n) is 6.35. The fraction of sp³-hybridized carbons (Fsp3) is 0.100. The Balaban J connectivity index is 2.36. The molecule has 6 nitrogen and oxygen atoms in total. The number of H-pyrrole nitrogens is 1. The molecule has 28 heavy (non-hydrogen) atoms. The molecule has 2 aromatic carbocycles. The summed E-state index contributed by atoms with van der Waals surface area (Å²) in [7, 11) is -3.65. The van der Waals surface area contributed by atoms with Gasteiger partial charge < -0.3 is 20.4 Å². The highest BCUT2D eigenvalue weighted by Crippen LogP contribution is 2.46. The van der Waals surface area contributed by atoms with Crippen LogP contribution < -0.4 is 16.3 Å². The molecule has 1 heterocycles. The number of carbonyl (C=O) groups is 1. The van der Waals surface area contributed by atoms with Gasteiger partial charge in [-0.1, -0.05) is 17.7 Å². The lowest BCUT2D eigenvalue weighted by Crippen LogP contribution is -2.26. The molecule has 0 bridgehead atoms. The summed E-state index contributed by atoms with van der Waals surface area (Å²) in [5.74, 6) is -0.784. The van der Waals surface area contributed by atoms with Crippen LogP contribution in [-0.2, 0) is 4.57 Å². The van der Waals surface area contributed by atoms with Crippen molar-refractivity contribution in [1.29, 1.82) is 5.26 Å². The predicted molar refractivity (Wildman–Crippen MR) is 112 cm³/mol. The van der Waals surface area contributed by atoms with E-state index in [-0.39, 0.29) is 11.0 Å². The summed E-state index contributed by atoms with van der Waals surface area (Å²) in [4.78, 5) is 14.9. The van der Waals surface area contributed by atoms with Crippen molar-refractivity contribution in [2.24, 2.45) is 5.73 Å². The van der Waals surface area contributed by atoms with Crippen LogP contribution in [-0.4, -0.2) is 22.3 Å². The van der Waals surface area contributed by atoms with Crippen molar-refractivity contribution in [1.82, 2.24) is 4.98 Å². The van der Waals surface area contributed by atoms with Gasteiger partial charge in [0, 0.05) is 27.3 Å². The lowest BCUT2D eigenvalue weighted by atomic mass is 10.1. The molecule has 0 spiro atoms. The molecular weight excluding hydrogens is 397 g/mol. The van der Waals surface area contributed by atoms with Crippen LogP contribution in [0.3, 0.4) is 0 Å². The summed E-state index contributed by atoms with van der Waals surface area (Å²) in [6.45, 7) is 1.82. The van der Waals surface area contributed by atoms with E-state index in [1.54, 1.807) is 36.4 Å². The summed E-state index contributed by atoms with van der Waals surface area (Å²) < 4.78 is 14.1. The number of aromatic nitrogens is 1. The van der Waals surface area contributed by atoms with Gasteiger partial charge in [0.2, 0.25) is 0 Å². The van der Waals surface area contributed by atoms with Gasteiger partial charge in [0.15, 0.2) is 7.14 Å². The van der Waals surface area contributed by atoms with Crippen LogP contribution >= 0.6 is 18.7 Å². The fourth-order valence-corrected chi connectivity index (χ4v) is 5.82. The molecule has 3 aromatic rings. The van der Waals surface area contributed by atoms with E-state index >= 15 is 0 Å². The van der Waals surface area contributed by atoms with Gasteiger partial charge >= 0.3 is 0 Å². The van der Waals surface area contributed by atoms with Crippen LogP contribution in [0, 0.1) is 18.3 Å². The number of benzene rings is 2. The van der Waals surface area contributed by atoms with Crippen molar-refractivity contribution in [3.8, 4) is 6.07 Å². The first kappa shape index (κ1) is 19.9. The highest BCUT2D eigenvalue weighted by molar-refractivity contribution is 7.79. The Labute approximate surface area is 166 Å². The van der Waals surface area contributed by atoms with E-state index in [1.165, 1.54) is 6.08 Å². The minimum Gasteiger partial charge on any atom is -0.388 e. The number of aliphatic hydroxyl groups excluding tert-OH is 1. The number of hydrogen-bond donors (Lipinski definition) is 3. The third-order valence-electron chi connectivity index (χ3n) is 4.39. The van der Waals surface area contributed by atoms with Gasteiger partial charge in [-0.25, -0.2) is 0 Å². The van der Waals surface area contributed by atoms with Crippen LogP contribution in [0.5, 0.6) is 0 Å². The quantitative estimate of drug-likeness (QED) is 0.439. The topological polar surface area (TPSA) is 120 Å². The van der Waals surface area contributed by atoms with Crippen molar-refractivity contribution >= 4 is 52.2 Å². The number of amides is 1. The lowest BCUT2D eigenvalue weighted by molar-refractivity contribution is 0.0997. The number of nitrogens with zero attached hydrogens (tertiary/aromatic N) is 1. The van der Waals surface area contributed by atoms with E-state index in [2.05, 4.69) is 4.98 Å². The van der Waals surface area contributed by atoms with Gasteiger partial charge in [0.05, 0.1) is 11.4 Å². The van der Waals surface area contributed by atoms with Crippen LogP contribution in [0.1, 0.15) is 21.6 Å². The van der Waals surface area contributed by atoms with E-state index < -0.39 is 19.4 Å². The third-order valence-corrected chi connectivity index (χ3v) is 7.30. The fourth-order valence-electron chi connectivity index (χ4n) is 3.22. The van der Waals surface area contributed by atoms with Crippen molar-refractivity contribution in [2.45, 2.75) is 6.92 Å². The molecule has 0 aliphatic carbocycles. The van der Waals surface area contributed by atoms with Gasteiger partial charge in [-0.15, -0.1) is 0 Å². The molecule has 0 aliphatic rings. The number of carbonyl (C=O) groups excluding carboxylic acids is 1. The number of nitrogens with one attached hydrogen (secondary N) is 1. The van der Waals surface area contributed by atoms with Crippen molar-refractivity contribution < 1.29 is 14.5 Å². The average Bonchev–Trinajstić information content (AvgIpc) is 3.04. The number of halogens is 1. The van der Waals surface area contributed by atoms with Gasteiger partial charge in [0.1, 0.15) is 12.0 Å². The van der Waals surface area contributed by atoms with Crippen LogP contribution in [0.25, 0.3) is 17.0 Å². The first-order valence-corrected chi connectivity index (χ1v) is 10.6. The van der Waals surface area contributed by atoms with E-state index in [1.807, 2.05) is 19.1 Å². The average molecular weight is 414 g/mol. The monoisotopic (exact) mass is 413 g/mol. The molecule has 0 unspecified atom stereocenters. The molecule has 0 fully saturated rings. The maximum atomic E-state index is 14.1. The summed E-state index contributed by atoms with van der Waals surface area (Å²) >= 11 is 6.10. The molecule has 0 saturated heterocycles. The molecule has 0 aliphatic heterocycles. The molecule has 0 radical (unpaired) electrons. The van der Waals surface area contributed by atoms with Crippen LogP contribution in [0.2, 0.25) is 5.02 Å². The number of aliphatic hydroxyl groups is 1. The number of primary amides is 1. The number of fused-ring (bicyclic) bond motifs is 1. The van der Waals surface area contributed by atoms with Crippen molar-refractivity contribution in [3.63, 3.8) is 0 Å². The van der Waals surface area contributed by atoms with Gasteiger partial charge in [-0.05, 0) is 54.5 Å². The SMILES string of the molecule is Cc1cc(/C=C/C#N)cc([P@@](=O)(CO)c2c(C(N)=O)[nH]c3ccc(Cl)cc23)c1. The molecule has 0 saturated carbocycles. The zero-order valence-corrected chi connectivity index (χ0v) is 16.6. The second-order valence-corrected chi connectivity index (χ2v) is 9.51.